The average molecular weight is 423 g/mol. The number of carbonyl (C=O) groups is 2. The molecular formula is C24H23FN2O2S. The van der Waals surface area contributed by atoms with Crippen LogP contribution in [0, 0.1) is 11.2 Å². The standard InChI is InChI=1S/C24H23FN2O2S/c1-26-23(29)24(15-17-7-9-18(10-8-17)21-6-3-13-30-21)11-12-27(16-24)22(28)19-4-2-5-20(25)14-19/h2-10,13-14H,11-12,15-16H2,1H3,(H,26,29). The molecule has 2 aromatic carbocycles. The molecule has 1 aromatic heterocycles. The van der Waals surface area contributed by atoms with E-state index in [-0.39, 0.29) is 11.8 Å². The maximum Gasteiger partial charge on any atom is 0.253 e. The van der Waals surface area contributed by atoms with Gasteiger partial charge in [-0.15, -0.1) is 11.3 Å². The first-order valence-electron chi connectivity index (χ1n) is 9.91. The molecule has 1 fully saturated rings. The van der Waals surface area contributed by atoms with Gasteiger partial charge in [-0.25, -0.2) is 4.39 Å². The SMILES string of the molecule is CNC(=O)C1(Cc2ccc(-c3cccs3)cc2)CCN(C(=O)c2cccc(F)c2)C1. The van der Waals surface area contributed by atoms with Crippen molar-refractivity contribution in [1.29, 1.82) is 0 Å². The summed E-state index contributed by atoms with van der Waals surface area (Å²) >= 11 is 1.69. The normalized spacial score (nSPS) is 18.4. The minimum absolute atomic E-state index is 0.0700. The Kier molecular flexibility index (Phi) is 5.68. The summed E-state index contributed by atoms with van der Waals surface area (Å²) in [6.07, 6.45) is 1.12. The Labute approximate surface area is 179 Å². The van der Waals surface area contributed by atoms with E-state index in [1.54, 1.807) is 29.4 Å². The van der Waals surface area contributed by atoms with E-state index < -0.39 is 11.2 Å². The first kappa shape index (κ1) is 20.3. The highest BCUT2D eigenvalue weighted by Crippen LogP contribution is 2.36. The van der Waals surface area contributed by atoms with Crippen LogP contribution in [0.4, 0.5) is 4.39 Å². The second-order valence-electron chi connectivity index (χ2n) is 7.70. The van der Waals surface area contributed by atoms with Crippen LogP contribution in [0.1, 0.15) is 22.3 Å². The van der Waals surface area contributed by atoms with Crippen LogP contribution in [0.5, 0.6) is 0 Å². The van der Waals surface area contributed by atoms with Gasteiger partial charge in [0.2, 0.25) is 5.91 Å². The molecule has 0 spiro atoms. The highest BCUT2D eigenvalue weighted by atomic mass is 32.1. The first-order valence-corrected chi connectivity index (χ1v) is 10.8. The van der Waals surface area contributed by atoms with E-state index in [1.165, 1.54) is 23.1 Å². The number of amides is 2. The highest BCUT2D eigenvalue weighted by molar-refractivity contribution is 7.13. The number of carbonyl (C=O) groups excluding carboxylic acids is 2. The van der Waals surface area contributed by atoms with Crippen LogP contribution in [0.15, 0.2) is 66.0 Å². The summed E-state index contributed by atoms with van der Waals surface area (Å²) in [5.41, 5.74) is 1.82. The summed E-state index contributed by atoms with van der Waals surface area (Å²) in [4.78, 5) is 28.6. The van der Waals surface area contributed by atoms with E-state index >= 15 is 0 Å². The van der Waals surface area contributed by atoms with Gasteiger partial charge in [0, 0.05) is 30.6 Å². The Morgan fingerprint density at radius 1 is 1.13 bits per heavy atom. The molecule has 4 nitrogen and oxygen atoms in total. The van der Waals surface area contributed by atoms with Crippen LogP contribution in [0.3, 0.4) is 0 Å². The number of halogens is 1. The number of hydrogen-bond donors (Lipinski definition) is 1. The topological polar surface area (TPSA) is 49.4 Å². The zero-order valence-electron chi connectivity index (χ0n) is 16.7. The van der Waals surface area contributed by atoms with Crippen molar-refractivity contribution < 1.29 is 14.0 Å². The van der Waals surface area contributed by atoms with Gasteiger partial charge in [-0.2, -0.15) is 0 Å². The monoisotopic (exact) mass is 422 g/mol. The Balaban J connectivity index is 1.54. The number of thiophene rings is 1. The third kappa shape index (κ3) is 4.00. The van der Waals surface area contributed by atoms with E-state index in [0.29, 0.717) is 31.5 Å². The van der Waals surface area contributed by atoms with E-state index in [0.717, 1.165) is 11.1 Å². The van der Waals surface area contributed by atoms with Crippen molar-refractivity contribution in [2.75, 3.05) is 20.1 Å². The molecule has 154 valence electrons. The molecule has 1 saturated heterocycles. The van der Waals surface area contributed by atoms with Crippen molar-refractivity contribution >= 4 is 23.2 Å². The summed E-state index contributed by atoms with van der Waals surface area (Å²) in [5, 5.41) is 4.82. The summed E-state index contributed by atoms with van der Waals surface area (Å²) in [7, 11) is 1.63. The van der Waals surface area contributed by atoms with Gasteiger partial charge in [0.05, 0.1) is 5.41 Å². The smallest absolute Gasteiger partial charge is 0.253 e. The van der Waals surface area contributed by atoms with Gasteiger partial charge in [0.1, 0.15) is 5.82 Å². The lowest BCUT2D eigenvalue weighted by molar-refractivity contribution is -0.129. The Morgan fingerprint density at radius 3 is 2.60 bits per heavy atom. The lowest BCUT2D eigenvalue weighted by Gasteiger charge is -2.28. The predicted molar refractivity (Wildman–Crippen MR) is 117 cm³/mol. The van der Waals surface area contributed by atoms with Crippen LogP contribution in [0.25, 0.3) is 10.4 Å². The molecule has 30 heavy (non-hydrogen) atoms. The molecule has 2 amide bonds. The average Bonchev–Trinajstić information content (AvgIpc) is 3.44. The lowest BCUT2D eigenvalue weighted by Crippen LogP contribution is -2.44. The predicted octanol–water partition coefficient (Wildman–Crippen LogP) is 4.38. The number of hydrogen-bond acceptors (Lipinski definition) is 3. The summed E-state index contributed by atoms with van der Waals surface area (Å²) in [5.74, 6) is -0.754. The molecule has 0 radical (unpaired) electrons. The first-order chi connectivity index (χ1) is 14.5. The Morgan fingerprint density at radius 2 is 1.93 bits per heavy atom. The molecule has 1 unspecified atom stereocenters. The fourth-order valence-corrected chi connectivity index (χ4v) is 4.88. The van der Waals surface area contributed by atoms with E-state index in [1.807, 2.05) is 11.4 Å². The highest BCUT2D eigenvalue weighted by Gasteiger charge is 2.45. The molecule has 0 aliphatic carbocycles. The molecule has 1 N–H and O–H groups in total. The van der Waals surface area contributed by atoms with E-state index in [4.69, 9.17) is 0 Å². The van der Waals surface area contributed by atoms with Crippen molar-refractivity contribution in [3.05, 3.63) is 83.0 Å². The molecule has 0 bridgehead atoms. The maximum atomic E-state index is 13.5. The minimum Gasteiger partial charge on any atom is -0.359 e. The van der Waals surface area contributed by atoms with Gasteiger partial charge < -0.3 is 10.2 Å². The second-order valence-corrected chi connectivity index (χ2v) is 8.65. The van der Waals surface area contributed by atoms with Crippen LogP contribution in [-0.2, 0) is 11.2 Å². The molecule has 3 aromatic rings. The third-order valence-electron chi connectivity index (χ3n) is 5.72. The molecule has 1 atom stereocenters. The molecule has 4 rings (SSSR count). The zero-order chi connectivity index (χ0) is 21.1. The van der Waals surface area contributed by atoms with Gasteiger partial charge in [-0.3, -0.25) is 9.59 Å². The van der Waals surface area contributed by atoms with Crippen molar-refractivity contribution in [2.24, 2.45) is 5.41 Å². The van der Waals surface area contributed by atoms with E-state index in [9.17, 15) is 14.0 Å². The zero-order valence-corrected chi connectivity index (χ0v) is 17.5. The summed E-state index contributed by atoms with van der Waals surface area (Å²) in [6.45, 7) is 0.782. The third-order valence-corrected chi connectivity index (χ3v) is 6.64. The van der Waals surface area contributed by atoms with Gasteiger partial charge in [0.25, 0.3) is 5.91 Å². The number of rotatable bonds is 5. The fourth-order valence-electron chi connectivity index (χ4n) is 4.15. The quantitative estimate of drug-likeness (QED) is 0.664. The van der Waals surface area contributed by atoms with E-state index in [2.05, 4.69) is 35.6 Å². The molecule has 1 aliphatic rings. The lowest BCUT2D eigenvalue weighted by atomic mass is 9.79. The summed E-state index contributed by atoms with van der Waals surface area (Å²) < 4.78 is 13.5. The largest absolute Gasteiger partial charge is 0.359 e. The van der Waals surface area contributed by atoms with Crippen molar-refractivity contribution in [3.8, 4) is 10.4 Å². The summed E-state index contributed by atoms with van der Waals surface area (Å²) in [6, 6.07) is 18.0. The van der Waals surface area contributed by atoms with Gasteiger partial charge in [-0.05, 0) is 53.6 Å². The minimum atomic E-state index is -0.692. The fraction of sp³-hybridized carbons (Fsp3) is 0.250. The number of likely N-dealkylation sites (tertiary alicyclic amines) is 1. The van der Waals surface area contributed by atoms with Crippen LogP contribution in [0.2, 0.25) is 0 Å². The Hall–Kier alpha value is -2.99. The van der Waals surface area contributed by atoms with Crippen LogP contribution >= 0.6 is 11.3 Å². The second kappa shape index (κ2) is 8.40. The molecule has 1 aliphatic heterocycles. The van der Waals surface area contributed by atoms with Gasteiger partial charge >= 0.3 is 0 Å². The maximum absolute atomic E-state index is 13.5. The van der Waals surface area contributed by atoms with Crippen molar-refractivity contribution in [2.45, 2.75) is 12.8 Å². The molecule has 0 saturated carbocycles. The molecule has 2 heterocycles. The van der Waals surface area contributed by atoms with Gasteiger partial charge in [0.15, 0.2) is 0 Å². The number of nitrogens with zero attached hydrogens (tertiary/aromatic N) is 1. The van der Waals surface area contributed by atoms with Crippen LogP contribution in [-0.4, -0.2) is 36.9 Å². The molecular weight excluding hydrogens is 399 g/mol. The number of benzene rings is 2. The number of nitrogens with one attached hydrogen (secondary N) is 1. The van der Waals surface area contributed by atoms with Crippen molar-refractivity contribution in [1.82, 2.24) is 10.2 Å². The van der Waals surface area contributed by atoms with Crippen molar-refractivity contribution in [3.63, 3.8) is 0 Å². The Bertz CT molecular complexity index is 1050. The molecule has 6 heteroatoms. The van der Waals surface area contributed by atoms with Crippen LogP contribution < -0.4 is 5.32 Å². The van der Waals surface area contributed by atoms with Gasteiger partial charge in [-0.1, -0.05) is 36.4 Å².